The Morgan fingerprint density at radius 3 is 2.53 bits per heavy atom. The lowest BCUT2D eigenvalue weighted by atomic mass is 10.0. The maximum Gasteiger partial charge on any atom is 0.304 e. The molecule has 17 heavy (non-hydrogen) atoms. The summed E-state index contributed by atoms with van der Waals surface area (Å²) in [7, 11) is 3.72. The lowest BCUT2D eigenvalue weighted by Crippen LogP contribution is -2.32. The summed E-state index contributed by atoms with van der Waals surface area (Å²) in [6, 6.07) is 5.19. The van der Waals surface area contributed by atoms with Gasteiger partial charge >= 0.3 is 5.97 Å². The van der Waals surface area contributed by atoms with Crippen molar-refractivity contribution in [1.29, 1.82) is 0 Å². The third-order valence-electron chi connectivity index (χ3n) is 2.61. The normalized spacial score (nSPS) is 12.8. The van der Waals surface area contributed by atoms with E-state index in [0.29, 0.717) is 16.5 Å². The van der Waals surface area contributed by atoms with Crippen LogP contribution in [0.15, 0.2) is 18.2 Å². The molecule has 0 saturated heterocycles. The molecule has 1 N–H and O–H groups in total. The van der Waals surface area contributed by atoms with Crippen LogP contribution in [0.25, 0.3) is 0 Å². The van der Waals surface area contributed by atoms with Gasteiger partial charge < -0.3 is 10.0 Å². The summed E-state index contributed by atoms with van der Waals surface area (Å²) >= 11 is 11.9. The number of hydrogen-bond donors (Lipinski definition) is 1. The lowest BCUT2D eigenvalue weighted by Gasteiger charge is -2.23. The smallest absolute Gasteiger partial charge is 0.304 e. The van der Waals surface area contributed by atoms with Crippen molar-refractivity contribution in [3.05, 3.63) is 33.8 Å². The predicted molar refractivity (Wildman–Crippen MR) is 69.9 cm³/mol. The number of rotatable bonds is 5. The minimum absolute atomic E-state index is 0.0776. The highest BCUT2D eigenvalue weighted by molar-refractivity contribution is 6.35. The van der Waals surface area contributed by atoms with E-state index in [1.54, 1.807) is 12.1 Å². The van der Waals surface area contributed by atoms with Gasteiger partial charge in [0.25, 0.3) is 0 Å². The van der Waals surface area contributed by atoms with Gasteiger partial charge in [-0.3, -0.25) is 4.79 Å². The number of halogens is 2. The van der Waals surface area contributed by atoms with Crippen LogP contribution in [0.5, 0.6) is 0 Å². The first-order valence-electron chi connectivity index (χ1n) is 5.22. The fourth-order valence-electron chi connectivity index (χ4n) is 1.58. The standard InChI is InChI=1S/C12H15Cl2NO2/c1-15(2)10(7-12(16)17)5-8-3-4-9(13)6-11(8)14/h3-4,6,10H,5,7H2,1-2H3,(H,16,17). The van der Waals surface area contributed by atoms with E-state index in [-0.39, 0.29) is 12.5 Å². The SMILES string of the molecule is CN(C)C(CC(=O)O)Cc1ccc(Cl)cc1Cl. The Kier molecular flexibility index (Phi) is 5.25. The van der Waals surface area contributed by atoms with Gasteiger partial charge in [0.1, 0.15) is 0 Å². The first-order chi connectivity index (χ1) is 7.90. The van der Waals surface area contributed by atoms with Crippen molar-refractivity contribution in [3.63, 3.8) is 0 Å². The molecule has 0 aromatic heterocycles. The summed E-state index contributed by atoms with van der Waals surface area (Å²) < 4.78 is 0. The molecule has 0 amide bonds. The molecule has 1 atom stereocenters. The Morgan fingerprint density at radius 2 is 2.06 bits per heavy atom. The largest absolute Gasteiger partial charge is 0.481 e. The second-order valence-corrected chi connectivity index (χ2v) is 5.00. The number of carboxylic acids is 1. The highest BCUT2D eigenvalue weighted by Gasteiger charge is 2.17. The average Bonchev–Trinajstić information content (AvgIpc) is 2.19. The predicted octanol–water partition coefficient (Wildman–Crippen LogP) is 2.94. The van der Waals surface area contributed by atoms with Crippen LogP contribution in [0, 0.1) is 0 Å². The van der Waals surface area contributed by atoms with Crippen LogP contribution < -0.4 is 0 Å². The Bertz CT molecular complexity index is 407. The number of aliphatic carboxylic acids is 1. The maximum atomic E-state index is 10.8. The van der Waals surface area contributed by atoms with Crippen LogP contribution in [-0.4, -0.2) is 36.1 Å². The molecule has 3 nitrogen and oxygen atoms in total. The third-order valence-corrected chi connectivity index (χ3v) is 3.20. The average molecular weight is 276 g/mol. The van der Waals surface area contributed by atoms with Gasteiger partial charge in [-0.15, -0.1) is 0 Å². The van der Waals surface area contributed by atoms with Crippen molar-refractivity contribution in [3.8, 4) is 0 Å². The number of nitrogens with zero attached hydrogens (tertiary/aromatic N) is 1. The fourth-order valence-corrected chi connectivity index (χ4v) is 2.07. The molecule has 1 aromatic carbocycles. The lowest BCUT2D eigenvalue weighted by molar-refractivity contribution is -0.138. The maximum absolute atomic E-state index is 10.8. The van der Waals surface area contributed by atoms with E-state index >= 15 is 0 Å². The van der Waals surface area contributed by atoms with Gasteiger partial charge in [0.15, 0.2) is 0 Å². The van der Waals surface area contributed by atoms with Crippen LogP contribution in [0.1, 0.15) is 12.0 Å². The molecule has 0 aliphatic heterocycles. The number of carbonyl (C=O) groups is 1. The minimum atomic E-state index is -0.811. The van der Waals surface area contributed by atoms with Crippen LogP contribution in [0.2, 0.25) is 10.0 Å². The Labute approximate surface area is 111 Å². The molecular formula is C12H15Cl2NO2. The van der Waals surface area contributed by atoms with Gasteiger partial charge in [-0.2, -0.15) is 0 Å². The Morgan fingerprint density at radius 1 is 1.41 bits per heavy atom. The molecule has 0 radical (unpaired) electrons. The van der Waals surface area contributed by atoms with E-state index in [1.165, 1.54) is 0 Å². The highest BCUT2D eigenvalue weighted by atomic mass is 35.5. The number of hydrogen-bond acceptors (Lipinski definition) is 2. The molecule has 0 saturated carbocycles. The molecule has 0 spiro atoms. The second-order valence-electron chi connectivity index (χ2n) is 4.16. The zero-order chi connectivity index (χ0) is 13.0. The quantitative estimate of drug-likeness (QED) is 0.898. The van der Waals surface area contributed by atoms with Crippen LogP contribution in [-0.2, 0) is 11.2 Å². The first-order valence-corrected chi connectivity index (χ1v) is 5.98. The number of likely N-dealkylation sites (N-methyl/N-ethyl adjacent to an activating group) is 1. The van der Waals surface area contributed by atoms with Crippen LogP contribution >= 0.6 is 23.2 Å². The molecule has 0 bridgehead atoms. The van der Waals surface area contributed by atoms with Gasteiger partial charge in [-0.05, 0) is 38.2 Å². The molecule has 1 unspecified atom stereocenters. The molecule has 0 heterocycles. The Balaban J connectivity index is 2.82. The molecule has 1 rings (SSSR count). The Hall–Kier alpha value is -0.770. The molecule has 94 valence electrons. The van der Waals surface area contributed by atoms with E-state index in [1.807, 2.05) is 25.1 Å². The van der Waals surface area contributed by atoms with Gasteiger partial charge in [-0.1, -0.05) is 29.3 Å². The zero-order valence-electron chi connectivity index (χ0n) is 9.78. The van der Waals surface area contributed by atoms with Crippen molar-refractivity contribution in [2.75, 3.05) is 14.1 Å². The summed E-state index contributed by atoms with van der Waals surface area (Å²) in [6.45, 7) is 0. The summed E-state index contributed by atoms with van der Waals surface area (Å²) in [5.41, 5.74) is 0.913. The second kappa shape index (κ2) is 6.24. The van der Waals surface area contributed by atoms with Crippen molar-refractivity contribution < 1.29 is 9.90 Å². The van der Waals surface area contributed by atoms with Crippen LogP contribution in [0.3, 0.4) is 0 Å². The third kappa shape index (κ3) is 4.54. The molecule has 0 fully saturated rings. The summed E-state index contributed by atoms with van der Waals surface area (Å²) in [5, 5.41) is 10.0. The van der Waals surface area contributed by atoms with E-state index in [4.69, 9.17) is 28.3 Å². The fraction of sp³-hybridized carbons (Fsp3) is 0.417. The molecule has 0 aliphatic rings. The molecule has 0 aliphatic carbocycles. The summed E-state index contributed by atoms with van der Waals surface area (Å²) in [4.78, 5) is 12.7. The minimum Gasteiger partial charge on any atom is -0.481 e. The summed E-state index contributed by atoms with van der Waals surface area (Å²) in [6.07, 6.45) is 0.682. The van der Waals surface area contributed by atoms with Crippen molar-refractivity contribution in [2.45, 2.75) is 18.9 Å². The van der Waals surface area contributed by atoms with Gasteiger partial charge in [-0.25, -0.2) is 0 Å². The topological polar surface area (TPSA) is 40.5 Å². The van der Waals surface area contributed by atoms with E-state index in [0.717, 1.165) is 5.56 Å². The van der Waals surface area contributed by atoms with E-state index in [9.17, 15) is 4.79 Å². The van der Waals surface area contributed by atoms with Gasteiger partial charge in [0, 0.05) is 16.1 Å². The van der Waals surface area contributed by atoms with E-state index in [2.05, 4.69) is 0 Å². The number of carboxylic acid groups (broad SMARTS) is 1. The van der Waals surface area contributed by atoms with Crippen LogP contribution in [0.4, 0.5) is 0 Å². The zero-order valence-corrected chi connectivity index (χ0v) is 11.3. The molecule has 1 aromatic rings. The first kappa shape index (κ1) is 14.3. The molecule has 5 heteroatoms. The summed E-state index contributed by atoms with van der Waals surface area (Å²) in [5.74, 6) is -0.811. The van der Waals surface area contributed by atoms with Gasteiger partial charge in [0.05, 0.1) is 6.42 Å². The monoisotopic (exact) mass is 275 g/mol. The van der Waals surface area contributed by atoms with Gasteiger partial charge in [0.2, 0.25) is 0 Å². The van der Waals surface area contributed by atoms with Crippen molar-refractivity contribution in [2.24, 2.45) is 0 Å². The van der Waals surface area contributed by atoms with Crippen molar-refractivity contribution in [1.82, 2.24) is 4.90 Å². The highest BCUT2D eigenvalue weighted by Crippen LogP contribution is 2.23. The van der Waals surface area contributed by atoms with Crippen molar-refractivity contribution >= 4 is 29.2 Å². The number of benzene rings is 1. The van der Waals surface area contributed by atoms with E-state index < -0.39 is 5.97 Å². The molecular weight excluding hydrogens is 261 g/mol.